The first-order valence-corrected chi connectivity index (χ1v) is 7.04. The van der Waals surface area contributed by atoms with E-state index in [0.29, 0.717) is 15.8 Å². The topological polar surface area (TPSA) is 22.4 Å². The second kappa shape index (κ2) is 5.97. The van der Waals surface area contributed by atoms with Crippen LogP contribution in [0.2, 0.25) is 0 Å². The summed E-state index contributed by atoms with van der Waals surface area (Å²) in [6.07, 6.45) is 2.35. The van der Waals surface area contributed by atoms with E-state index in [1.807, 2.05) is 13.0 Å². The van der Waals surface area contributed by atoms with Crippen LogP contribution in [0, 0.1) is 5.82 Å². The molecule has 0 saturated carbocycles. The van der Waals surface area contributed by atoms with Crippen molar-refractivity contribution in [1.29, 1.82) is 0 Å². The van der Waals surface area contributed by atoms with Gasteiger partial charge in [-0.15, -0.1) is 11.6 Å². The largest absolute Gasteiger partial charge is 0.496 e. The van der Waals surface area contributed by atoms with Crippen molar-refractivity contribution < 1.29 is 13.5 Å². The molecule has 0 spiro atoms. The third kappa shape index (κ3) is 2.79. The molecule has 0 aliphatic rings. The van der Waals surface area contributed by atoms with E-state index >= 15 is 0 Å². The number of furan rings is 1. The minimum Gasteiger partial charge on any atom is -0.496 e. The lowest BCUT2D eigenvalue weighted by molar-refractivity contribution is 0.406. The van der Waals surface area contributed by atoms with Crippen LogP contribution in [0.25, 0.3) is 0 Å². The minimum atomic E-state index is -0.444. The molecule has 19 heavy (non-hydrogen) atoms. The normalized spacial score (nSPS) is 12.5. The Bertz CT molecular complexity index is 583. The molecule has 102 valence electrons. The monoisotopic (exact) mass is 346 g/mol. The molecular weight excluding hydrogens is 335 g/mol. The fourth-order valence-electron chi connectivity index (χ4n) is 1.95. The van der Waals surface area contributed by atoms with Crippen LogP contribution in [-0.2, 0) is 6.42 Å². The van der Waals surface area contributed by atoms with Crippen molar-refractivity contribution in [3.05, 3.63) is 51.6 Å². The van der Waals surface area contributed by atoms with Crippen molar-refractivity contribution in [1.82, 2.24) is 0 Å². The van der Waals surface area contributed by atoms with Gasteiger partial charge >= 0.3 is 0 Å². The zero-order valence-electron chi connectivity index (χ0n) is 10.5. The van der Waals surface area contributed by atoms with Crippen LogP contribution in [0.1, 0.15) is 29.2 Å². The zero-order chi connectivity index (χ0) is 14.0. The average molecular weight is 348 g/mol. The summed E-state index contributed by atoms with van der Waals surface area (Å²) in [4.78, 5) is 0. The first-order chi connectivity index (χ1) is 9.08. The van der Waals surface area contributed by atoms with E-state index in [9.17, 15) is 4.39 Å². The SMILES string of the molecule is CCc1occc1C(Cl)c1cc(Br)c(F)cc1OC. The van der Waals surface area contributed by atoms with E-state index in [1.54, 1.807) is 12.3 Å². The third-order valence-corrected chi connectivity index (χ3v) is 4.00. The molecule has 0 saturated heterocycles. The Morgan fingerprint density at radius 1 is 1.42 bits per heavy atom. The van der Waals surface area contributed by atoms with Crippen LogP contribution in [0.3, 0.4) is 0 Å². The van der Waals surface area contributed by atoms with E-state index < -0.39 is 5.38 Å². The highest BCUT2D eigenvalue weighted by Crippen LogP contribution is 2.39. The molecule has 2 nitrogen and oxygen atoms in total. The molecule has 1 atom stereocenters. The van der Waals surface area contributed by atoms with E-state index in [0.717, 1.165) is 17.7 Å². The Morgan fingerprint density at radius 2 is 2.16 bits per heavy atom. The molecule has 0 aliphatic heterocycles. The lowest BCUT2D eigenvalue weighted by atomic mass is 10.0. The highest BCUT2D eigenvalue weighted by Gasteiger charge is 2.21. The fourth-order valence-corrected chi connectivity index (χ4v) is 2.68. The lowest BCUT2D eigenvalue weighted by Crippen LogP contribution is -2.00. The Balaban J connectivity index is 2.49. The number of rotatable bonds is 4. The van der Waals surface area contributed by atoms with Gasteiger partial charge in [-0.3, -0.25) is 0 Å². The van der Waals surface area contributed by atoms with Crippen molar-refractivity contribution >= 4 is 27.5 Å². The predicted octanol–water partition coefficient (Wildman–Crippen LogP) is 5.08. The van der Waals surface area contributed by atoms with Gasteiger partial charge in [-0.05, 0) is 28.1 Å². The van der Waals surface area contributed by atoms with Gasteiger partial charge in [0.15, 0.2) is 0 Å². The van der Waals surface area contributed by atoms with Gasteiger partial charge in [0.05, 0.1) is 23.2 Å². The number of ether oxygens (including phenoxy) is 1. The van der Waals surface area contributed by atoms with Gasteiger partial charge in [0, 0.05) is 23.6 Å². The van der Waals surface area contributed by atoms with Gasteiger partial charge in [0.25, 0.3) is 0 Å². The number of halogens is 3. The molecule has 1 heterocycles. The quantitative estimate of drug-likeness (QED) is 0.720. The second-order valence-corrected chi connectivity index (χ2v) is 5.31. The highest BCUT2D eigenvalue weighted by molar-refractivity contribution is 9.10. The van der Waals surface area contributed by atoms with Crippen LogP contribution in [0.4, 0.5) is 4.39 Å². The Labute approximate surface area is 124 Å². The molecule has 0 fully saturated rings. The first-order valence-electron chi connectivity index (χ1n) is 5.81. The van der Waals surface area contributed by atoms with Gasteiger partial charge in [-0.25, -0.2) is 4.39 Å². The van der Waals surface area contributed by atoms with Gasteiger partial charge in [-0.1, -0.05) is 6.92 Å². The third-order valence-electron chi connectivity index (χ3n) is 2.92. The van der Waals surface area contributed by atoms with E-state index in [4.69, 9.17) is 20.8 Å². The number of hydrogen-bond acceptors (Lipinski definition) is 2. The van der Waals surface area contributed by atoms with Crippen molar-refractivity contribution in [2.45, 2.75) is 18.7 Å². The maximum Gasteiger partial charge on any atom is 0.141 e. The molecule has 2 rings (SSSR count). The summed E-state index contributed by atoms with van der Waals surface area (Å²) in [5.74, 6) is 0.860. The molecule has 0 N–H and O–H groups in total. The van der Waals surface area contributed by atoms with Crippen LogP contribution < -0.4 is 4.74 Å². The van der Waals surface area contributed by atoms with Crippen LogP contribution in [-0.4, -0.2) is 7.11 Å². The van der Waals surface area contributed by atoms with Crippen LogP contribution >= 0.6 is 27.5 Å². The number of alkyl halides is 1. The summed E-state index contributed by atoms with van der Waals surface area (Å²) in [5.41, 5.74) is 1.58. The van der Waals surface area contributed by atoms with Gasteiger partial charge in [0.2, 0.25) is 0 Å². The number of aryl methyl sites for hydroxylation is 1. The van der Waals surface area contributed by atoms with Crippen molar-refractivity contribution in [3.63, 3.8) is 0 Å². The molecule has 5 heteroatoms. The molecule has 0 radical (unpaired) electrons. The predicted molar refractivity (Wildman–Crippen MR) is 76.4 cm³/mol. The summed E-state index contributed by atoms with van der Waals surface area (Å²) in [6, 6.07) is 4.78. The summed E-state index contributed by atoms with van der Waals surface area (Å²) in [7, 11) is 1.49. The molecule has 0 aliphatic carbocycles. The molecule has 1 aromatic heterocycles. The Hall–Kier alpha value is -1.00. The smallest absolute Gasteiger partial charge is 0.141 e. The summed E-state index contributed by atoms with van der Waals surface area (Å²) in [6.45, 7) is 1.99. The number of hydrogen-bond donors (Lipinski definition) is 0. The van der Waals surface area contributed by atoms with Crippen molar-refractivity contribution in [2.75, 3.05) is 7.11 Å². The van der Waals surface area contributed by atoms with Gasteiger partial charge in [0.1, 0.15) is 17.3 Å². The molecule has 2 aromatic rings. The second-order valence-electron chi connectivity index (χ2n) is 4.02. The van der Waals surface area contributed by atoms with Crippen molar-refractivity contribution in [3.8, 4) is 5.75 Å². The first kappa shape index (κ1) is 14.4. The molecule has 0 bridgehead atoms. The maximum absolute atomic E-state index is 13.5. The summed E-state index contributed by atoms with van der Waals surface area (Å²) < 4.78 is 24.4. The number of benzene rings is 1. The average Bonchev–Trinajstić information content (AvgIpc) is 2.88. The molecule has 1 unspecified atom stereocenters. The lowest BCUT2D eigenvalue weighted by Gasteiger charge is -2.15. The minimum absolute atomic E-state index is 0.357. The van der Waals surface area contributed by atoms with E-state index in [-0.39, 0.29) is 5.82 Å². The molecular formula is C14H13BrClFO2. The standard InChI is InChI=1S/C14H13BrClFO2/c1-3-12-8(4-5-19-12)14(16)9-6-10(15)11(17)7-13(9)18-2/h4-7,14H,3H2,1-2H3. The van der Waals surface area contributed by atoms with Crippen molar-refractivity contribution in [2.24, 2.45) is 0 Å². The van der Waals surface area contributed by atoms with Crippen LogP contribution in [0.15, 0.2) is 33.4 Å². The maximum atomic E-state index is 13.5. The Kier molecular flexibility index (Phi) is 4.53. The van der Waals surface area contributed by atoms with Gasteiger partial charge < -0.3 is 9.15 Å². The molecule has 0 amide bonds. The molecule has 1 aromatic carbocycles. The highest BCUT2D eigenvalue weighted by atomic mass is 79.9. The van der Waals surface area contributed by atoms with Crippen LogP contribution in [0.5, 0.6) is 5.75 Å². The van der Waals surface area contributed by atoms with E-state index in [1.165, 1.54) is 13.2 Å². The fraction of sp³-hybridized carbons (Fsp3) is 0.286. The number of methoxy groups -OCH3 is 1. The summed E-state index contributed by atoms with van der Waals surface area (Å²) >= 11 is 9.65. The van der Waals surface area contributed by atoms with Gasteiger partial charge in [-0.2, -0.15) is 0 Å². The van der Waals surface area contributed by atoms with E-state index in [2.05, 4.69) is 15.9 Å². The zero-order valence-corrected chi connectivity index (χ0v) is 12.9. The Morgan fingerprint density at radius 3 is 2.79 bits per heavy atom. The summed E-state index contributed by atoms with van der Waals surface area (Å²) in [5, 5.41) is -0.444.